The standard InChI is InChI=1S/C10H6Cl2N2O/c1-5-2-3-6-8(11)7(9(12)15)4-13-10(6)14-5/h2-4H,1H3. The Morgan fingerprint density at radius 3 is 2.80 bits per heavy atom. The summed E-state index contributed by atoms with van der Waals surface area (Å²) in [5, 5.41) is 0.316. The lowest BCUT2D eigenvalue weighted by Crippen LogP contribution is -1.95. The summed E-state index contributed by atoms with van der Waals surface area (Å²) in [6.45, 7) is 1.86. The van der Waals surface area contributed by atoms with E-state index in [1.807, 2.05) is 6.92 Å². The minimum Gasteiger partial charge on any atom is -0.275 e. The summed E-state index contributed by atoms with van der Waals surface area (Å²) in [5.41, 5.74) is 1.56. The molecule has 0 aliphatic rings. The number of carbonyl (C=O) groups is 1. The van der Waals surface area contributed by atoms with E-state index in [4.69, 9.17) is 23.2 Å². The molecule has 76 valence electrons. The lowest BCUT2D eigenvalue weighted by molar-refractivity contribution is 0.108. The highest BCUT2D eigenvalue weighted by atomic mass is 35.5. The van der Waals surface area contributed by atoms with Crippen molar-refractivity contribution in [1.82, 2.24) is 9.97 Å². The Labute approximate surface area is 96.1 Å². The molecule has 0 N–H and O–H groups in total. The number of nitrogens with zero attached hydrogens (tertiary/aromatic N) is 2. The van der Waals surface area contributed by atoms with Crippen LogP contribution in [0.5, 0.6) is 0 Å². The van der Waals surface area contributed by atoms with Gasteiger partial charge in [-0.3, -0.25) is 4.79 Å². The maximum absolute atomic E-state index is 11.0. The van der Waals surface area contributed by atoms with Gasteiger partial charge in [0.05, 0.1) is 10.6 Å². The number of aryl methyl sites for hydroxylation is 1. The summed E-state index contributed by atoms with van der Waals surface area (Å²) in [6, 6.07) is 3.58. The molecule has 0 aliphatic carbocycles. The monoisotopic (exact) mass is 240 g/mol. The van der Waals surface area contributed by atoms with E-state index in [2.05, 4.69) is 9.97 Å². The summed E-state index contributed by atoms with van der Waals surface area (Å²) in [5.74, 6) is 0. The smallest absolute Gasteiger partial charge is 0.255 e. The van der Waals surface area contributed by atoms with Gasteiger partial charge in [-0.15, -0.1) is 0 Å². The zero-order chi connectivity index (χ0) is 11.0. The van der Waals surface area contributed by atoms with Crippen molar-refractivity contribution in [2.24, 2.45) is 0 Å². The first kappa shape index (κ1) is 10.3. The zero-order valence-corrected chi connectivity index (χ0v) is 9.30. The van der Waals surface area contributed by atoms with Crippen LogP contribution in [0.3, 0.4) is 0 Å². The number of fused-ring (bicyclic) bond motifs is 1. The molecular formula is C10H6Cl2N2O. The second-order valence-electron chi connectivity index (χ2n) is 3.08. The Kier molecular flexibility index (Phi) is 2.59. The fraction of sp³-hybridized carbons (Fsp3) is 0.100. The van der Waals surface area contributed by atoms with Crippen LogP contribution in [-0.2, 0) is 0 Å². The fourth-order valence-electron chi connectivity index (χ4n) is 1.28. The Bertz CT molecular complexity index is 554. The molecule has 2 aromatic rings. The lowest BCUT2D eigenvalue weighted by atomic mass is 10.2. The van der Waals surface area contributed by atoms with Gasteiger partial charge < -0.3 is 0 Å². The number of aromatic nitrogens is 2. The predicted octanol–water partition coefficient (Wildman–Crippen LogP) is 2.97. The lowest BCUT2D eigenvalue weighted by Gasteiger charge is -2.03. The maximum atomic E-state index is 11.0. The molecule has 0 atom stereocenters. The molecule has 0 saturated heterocycles. The van der Waals surface area contributed by atoms with E-state index in [0.717, 1.165) is 5.69 Å². The number of carbonyl (C=O) groups excluding carboxylic acids is 1. The summed E-state index contributed by atoms with van der Waals surface area (Å²) in [7, 11) is 0. The average molecular weight is 241 g/mol. The molecule has 0 spiro atoms. The number of halogens is 2. The molecule has 0 aromatic carbocycles. The highest BCUT2D eigenvalue weighted by molar-refractivity contribution is 6.69. The Hall–Kier alpha value is -1.19. The third kappa shape index (κ3) is 1.80. The number of pyridine rings is 2. The Balaban J connectivity index is 2.80. The molecule has 0 unspecified atom stereocenters. The van der Waals surface area contributed by atoms with E-state index in [1.54, 1.807) is 12.1 Å². The molecule has 0 fully saturated rings. The molecule has 2 aromatic heterocycles. The fourth-order valence-corrected chi connectivity index (χ4v) is 1.75. The third-order valence-corrected chi connectivity index (χ3v) is 2.63. The number of hydrogen-bond donors (Lipinski definition) is 0. The van der Waals surface area contributed by atoms with E-state index in [-0.39, 0.29) is 5.56 Å². The first-order chi connectivity index (χ1) is 7.09. The van der Waals surface area contributed by atoms with E-state index in [0.29, 0.717) is 16.1 Å². The minimum atomic E-state index is -0.616. The topological polar surface area (TPSA) is 42.9 Å². The van der Waals surface area contributed by atoms with Gasteiger partial charge in [0.25, 0.3) is 5.24 Å². The molecule has 0 bridgehead atoms. The molecule has 3 nitrogen and oxygen atoms in total. The zero-order valence-electron chi connectivity index (χ0n) is 7.79. The van der Waals surface area contributed by atoms with Gasteiger partial charge in [-0.05, 0) is 30.7 Å². The molecule has 0 saturated carbocycles. The predicted molar refractivity (Wildman–Crippen MR) is 59.5 cm³/mol. The van der Waals surface area contributed by atoms with Crippen molar-refractivity contribution in [3.63, 3.8) is 0 Å². The van der Waals surface area contributed by atoms with Crippen molar-refractivity contribution >= 4 is 39.5 Å². The first-order valence-electron chi connectivity index (χ1n) is 4.21. The van der Waals surface area contributed by atoms with Crippen molar-refractivity contribution in [1.29, 1.82) is 0 Å². The minimum absolute atomic E-state index is 0.205. The summed E-state index contributed by atoms with van der Waals surface area (Å²) < 4.78 is 0. The summed E-state index contributed by atoms with van der Waals surface area (Å²) in [4.78, 5) is 19.2. The van der Waals surface area contributed by atoms with Gasteiger partial charge in [-0.25, -0.2) is 9.97 Å². The first-order valence-corrected chi connectivity index (χ1v) is 4.97. The number of hydrogen-bond acceptors (Lipinski definition) is 3. The Morgan fingerprint density at radius 1 is 1.40 bits per heavy atom. The van der Waals surface area contributed by atoms with Gasteiger partial charge in [-0.1, -0.05) is 11.6 Å². The third-order valence-electron chi connectivity index (χ3n) is 2.01. The van der Waals surface area contributed by atoms with Crippen molar-refractivity contribution in [2.45, 2.75) is 6.92 Å². The SMILES string of the molecule is Cc1ccc2c(Cl)c(C(=O)Cl)cnc2n1. The Morgan fingerprint density at radius 2 is 2.13 bits per heavy atom. The van der Waals surface area contributed by atoms with E-state index in [1.165, 1.54) is 6.20 Å². The van der Waals surface area contributed by atoms with Gasteiger partial charge in [0, 0.05) is 17.3 Å². The molecule has 0 amide bonds. The molecular weight excluding hydrogens is 235 g/mol. The van der Waals surface area contributed by atoms with Crippen LogP contribution in [0.2, 0.25) is 5.02 Å². The molecule has 2 rings (SSSR count). The largest absolute Gasteiger partial charge is 0.275 e. The molecule has 0 aliphatic heterocycles. The van der Waals surface area contributed by atoms with Crippen LogP contribution in [0.15, 0.2) is 18.3 Å². The number of rotatable bonds is 1. The molecule has 2 heterocycles. The quantitative estimate of drug-likeness (QED) is 0.721. The van der Waals surface area contributed by atoms with Crippen molar-refractivity contribution < 1.29 is 4.79 Å². The van der Waals surface area contributed by atoms with Gasteiger partial charge in [-0.2, -0.15) is 0 Å². The van der Waals surface area contributed by atoms with Crippen molar-refractivity contribution in [3.8, 4) is 0 Å². The molecule has 0 radical (unpaired) electrons. The van der Waals surface area contributed by atoms with Crippen LogP contribution in [0.25, 0.3) is 11.0 Å². The van der Waals surface area contributed by atoms with Gasteiger partial charge in [0.15, 0.2) is 5.65 Å². The maximum Gasteiger partial charge on any atom is 0.255 e. The van der Waals surface area contributed by atoms with Crippen LogP contribution in [-0.4, -0.2) is 15.2 Å². The normalized spacial score (nSPS) is 10.6. The highest BCUT2D eigenvalue weighted by Gasteiger charge is 2.12. The van der Waals surface area contributed by atoms with Crippen molar-refractivity contribution in [3.05, 3.63) is 34.6 Å². The van der Waals surface area contributed by atoms with Crippen LogP contribution < -0.4 is 0 Å². The average Bonchev–Trinajstić information content (AvgIpc) is 2.17. The van der Waals surface area contributed by atoms with Crippen LogP contribution in [0.1, 0.15) is 16.1 Å². The molecule has 15 heavy (non-hydrogen) atoms. The van der Waals surface area contributed by atoms with E-state index >= 15 is 0 Å². The second kappa shape index (κ2) is 3.76. The highest BCUT2D eigenvalue weighted by Crippen LogP contribution is 2.25. The van der Waals surface area contributed by atoms with Gasteiger partial charge >= 0.3 is 0 Å². The van der Waals surface area contributed by atoms with E-state index < -0.39 is 5.24 Å². The second-order valence-corrected chi connectivity index (χ2v) is 3.80. The van der Waals surface area contributed by atoms with Crippen molar-refractivity contribution in [2.75, 3.05) is 0 Å². The van der Waals surface area contributed by atoms with Crippen LogP contribution >= 0.6 is 23.2 Å². The van der Waals surface area contributed by atoms with Gasteiger partial charge in [0.2, 0.25) is 0 Å². The van der Waals surface area contributed by atoms with Crippen LogP contribution in [0.4, 0.5) is 0 Å². The van der Waals surface area contributed by atoms with Crippen LogP contribution in [0, 0.1) is 6.92 Å². The summed E-state index contributed by atoms with van der Waals surface area (Å²) >= 11 is 11.4. The van der Waals surface area contributed by atoms with E-state index in [9.17, 15) is 4.79 Å². The molecule has 5 heteroatoms. The summed E-state index contributed by atoms with van der Waals surface area (Å²) in [6.07, 6.45) is 1.34. The van der Waals surface area contributed by atoms with Gasteiger partial charge in [0.1, 0.15) is 0 Å².